The zero-order valence-corrected chi connectivity index (χ0v) is 12.7. The van der Waals surface area contributed by atoms with E-state index in [2.05, 4.69) is 36.3 Å². The summed E-state index contributed by atoms with van der Waals surface area (Å²) in [6, 6.07) is 4.90. The van der Waals surface area contributed by atoms with Crippen molar-refractivity contribution in [3.05, 3.63) is 30.1 Å². The second-order valence-corrected chi connectivity index (χ2v) is 5.41. The fraction of sp³-hybridized carbons (Fsp3) is 0.706. The van der Waals surface area contributed by atoms with E-state index in [4.69, 9.17) is 0 Å². The Morgan fingerprint density at radius 1 is 1.00 bits per heavy atom. The van der Waals surface area contributed by atoms with Gasteiger partial charge in [-0.05, 0) is 43.5 Å². The van der Waals surface area contributed by atoms with Crippen LogP contribution in [0.2, 0.25) is 0 Å². The van der Waals surface area contributed by atoms with Gasteiger partial charge in [-0.25, -0.2) is 0 Å². The largest absolute Gasteiger partial charge is 0.314 e. The highest BCUT2D eigenvalue weighted by atomic mass is 14.9. The Morgan fingerprint density at radius 3 is 2.42 bits per heavy atom. The third-order valence-electron chi connectivity index (χ3n) is 3.57. The molecule has 0 aliphatic rings. The third kappa shape index (κ3) is 7.99. The quantitative estimate of drug-likeness (QED) is 0.600. The molecule has 0 bridgehead atoms. The highest BCUT2D eigenvalue weighted by Gasteiger charge is 2.08. The summed E-state index contributed by atoms with van der Waals surface area (Å²) in [5.74, 6) is 0. The van der Waals surface area contributed by atoms with E-state index in [0.717, 1.165) is 13.0 Å². The number of nitrogens with one attached hydrogen (secondary N) is 1. The van der Waals surface area contributed by atoms with Gasteiger partial charge < -0.3 is 5.32 Å². The molecule has 1 unspecified atom stereocenters. The van der Waals surface area contributed by atoms with Crippen LogP contribution in [0.5, 0.6) is 0 Å². The van der Waals surface area contributed by atoms with Crippen molar-refractivity contribution in [3.63, 3.8) is 0 Å². The molecule has 0 amide bonds. The van der Waals surface area contributed by atoms with E-state index < -0.39 is 0 Å². The van der Waals surface area contributed by atoms with Gasteiger partial charge in [-0.1, -0.05) is 46.0 Å². The lowest BCUT2D eigenvalue weighted by molar-refractivity contribution is 0.451. The number of aromatic nitrogens is 1. The lowest BCUT2D eigenvalue weighted by Crippen LogP contribution is -2.31. The molecule has 0 saturated carbocycles. The van der Waals surface area contributed by atoms with Crippen LogP contribution in [0.25, 0.3) is 0 Å². The minimum absolute atomic E-state index is 0.629. The van der Waals surface area contributed by atoms with Gasteiger partial charge in [0.15, 0.2) is 0 Å². The molecular weight excluding hydrogens is 232 g/mol. The van der Waals surface area contributed by atoms with Crippen LogP contribution < -0.4 is 5.32 Å². The fourth-order valence-corrected chi connectivity index (χ4v) is 2.42. The molecule has 2 heteroatoms. The monoisotopic (exact) mass is 262 g/mol. The Morgan fingerprint density at radius 2 is 1.74 bits per heavy atom. The zero-order chi connectivity index (χ0) is 13.8. The van der Waals surface area contributed by atoms with E-state index in [-0.39, 0.29) is 0 Å². The molecule has 1 N–H and O–H groups in total. The van der Waals surface area contributed by atoms with Crippen LogP contribution in [-0.2, 0) is 6.42 Å². The SMILES string of the molecule is CCCCCCCC(Cc1ccncc1)NCCC. The predicted octanol–water partition coefficient (Wildman–Crippen LogP) is 4.35. The van der Waals surface area contributed by atoms with Crippen molar-refractivity contribution in [3.8, 4) is 0 Å². The molecule has 0 spiro atoms. The zero-order valence-electron chi connectivity index (χ0n) is 12.7. The summed E-state index contributed by atoms with van der Waals surface area (Å²) in [7, 11) is 0. The fourth-order valence-electron chi connectivity index (χ4n) is 2.42. The van der Waals surface area contributed by atoms with Gasteiger partial charge >= 0.3 is 0 Å². The Kier molecular flexibility index (Phi) is 9.34. The molecule has 1 heterocycles. The number of unbranched alkanes of at least 4 members (excludes halogenated alkanes) is 4. The second-order valence-electron chi connectivity index (χ2n) is 5.41. The van der Waals surface area contributed by atoms with E-state index in [9.17, 15) is 0 Å². The molecule has 0 saturated heterocycles. The van der Waals surface area contributed by atoms with Crippen molar-refractivity contribution in [2.75, 3.05) is 6.54 Å². The standard InChI is InChI=1S/C17H30N2/c1-3-5-6-7-8-9-17(19-12-4-2)15-16-10-13-18-14-11-16/h10-11,13-14,17,19H,3-9,12,15H2,1-2H3. The highest BCUT2D eigenvalue weighted by Crippen LogP contribution is 2.11. The average molecular weight is 262 g/mol. The molecule has 0 aliphatic carbocycles. The summed E-state index contributed by atoms with van der Waals surface area (Å²) in [6.07, 6.45) is 14.3. The topological polar surface area (TPSA) is 24.9 Å². The van der Waals surface area contributed by atoms with Crippen LogP contribution in [0.3, 0.4) is 0 Å². The molecule has 0 aromatic carbocycles. The lowest BCUT2D eigenvalue weighted by Gasteiger charge is -2.18. The molecule has 2 nitrogen and oxygen atoms in total. The van der Waals surface area contributed by atoms with Gasteiger partial charge in [0.05, 0.1) is 0 Å². The molecular formula is C17H30N2. The number of nitrogens with zero attached hydrogens (tertiary/aromatic N) is 1. The first-order valence-electron chi connectivity index (χ1n) is 7.99. The van der Waals surface area contributed by atoms with Gasteiger partial charge in [-0.15, -0.1) is 0 Å². The molecule has 0 fully saturated rings. The van der Waals surface area contributed by atoms with Crippen molar-refractivity contribution >= 4 is 0 Å². The number of hydrogen-bond donors (Lipinski definition) is 1. The van der Waals surface area contributed by atoms with Gasteiger partial charge in [-0.3, -0.25) is 4.98 Å². The third-order valence-corrected chi connectivity index (χ3v) is 3.57. The molecule has 1 atom stereocenters. The van der Waals surface area contributed by atoms with E-state index in [1.54, 1.807) is 0 Å². The number of pyridine rings is 1. The van der Waals surface area contributed by atoms with E-state index in [1.807, 2.05) is 12.4 Å². The van der Waals surface area contributed by atoms with Crippen LogP contribution in [0.1, 0.15) is 64.4 Å². The summed E-state index contributed by atoms with van der Waals surface area (Å²) in [6.45, 7) is 5.64. The molecule has 0 radical (unpaired) electrons. The first kappa shape index (κ1) is 16.2. The van der Waals surface area contributed by atoms with Gasteiger partial charge in [-0.2, -0.15) is 0 Å². The maximum atomic E-state index is 4.09. The van der Waals surface area contributed by atoms with E-state index >= 15 is 0 Å². The Balaban J connectivity index is 2.30. The molecule has 1 rings (SSSR count). The summed E-state index contributed by atoms with van der Waals surface area (Å²) in [5, 5.41) is 3.69. The second kappa shape index (κ2) is 11.0. The Hall–Kier alpha value is -0.890. The summed E-state index contributed by atoms with van der Waals surface area (Å²) in [4.78, 5) is 4.09. The van der Waals surface area contributed by atoms with Crippen molar-refractivity contribution in [2.45, 2.75) is 71.3 Å². The highest BCUT2D eigenvalue weighted by molar-refractivity contribution is 5.11. The normalized spacial score (nSPS) is 12.5. The minimum Gasteiger partial charge on any atom is -0.314 e. The van der Waals surface area contributed by atoms with Crippen LogP contribution in [0, 0.1) is 0 Å². The van der Waals surface area contributed by atoms with Crippen molar-refractivity contribution in [2.24, 2.45) is 0 Å². The predicted molar refractivity (Wildman–Crippen MR) is 83.4 cm³/mol. The van der Waals surface area contributed by atoms with Crippen LogP contribution >= 0.6 is 0 Å². The minimum atomic E-state index is 0.629. The molecule has 19 heavy (non-hydrogen) atoms. The molecule has 0 aliphatic heterocycles. The van der Waals surface area contributed by atoms with E-state index in [0.29, 0.717) is 6.04 Å². The van der Waals surface area contributed by atoms with Crippen LogP contribution in [0.15, 0.2) is 24.5 Å². The molecule has 1 aromatic heterocycles. The van der Waals surface area contributed by atoms with Gasteiger partial charge in [0.1, 0.15) is 0 Å². The Bertz CT molecular complexity index is 297. The average Bonchev–Trinajstić information content (AvgIpc) is 2.45. The maximum Gasteiger partial charge on any atom is 0.0270 e. The number of rotatable bonds is 11. The first-order valence-corrected chi connectivity index (χ1v) is 7.99. The van der Waals surface area contributed by atoms with Crippen LogP contribution in [0.4, 0.5) is 0 Å². The van der Waals surface area contributed by atoms with Gasteiger partial charge in [0.25, 0.3) is 0 Å². The summed E-state index contributed by atoms with van der Waals surface area (Å²) in [5.41, 5.74) is 1.40. The summed E-state index contributed by atoms with van der Waals surface area (Å²) < 4.78 is 0. The first-order chi connectivity index (χ1) is 9.36. The summed E-state index contributed by atoms with van der Waals surface area (Å²) >= 11 is 0. The van der Waals surface area contributed by atoms with Crippen molar-refractivity contribution in [1.82, 2.24) is 10.3 Å². The smallest absolute Gasteiger partial charge is 0.0270 e. The van der Waals surface area contributed by atoms with Crippen LogP contribution in [-0.4, -0.2) is 17.6 Å². The number of hydrogen-bond acceptors (Lipinski definition) is 2. The van der Waals surface area contributed by atoms with E-state index in [1.165, 1.54) is 50.5 Å². The van der Waals surface area contributed by atoms with Crippen molar-refractivity contribution < 1.29 is 0 Å². The van der Waals surface area contributed by atoms with Crippen molar-refractivity contribution in [1.29, 1.82) is 0 Å². The lowest BCUT2D eigenvalue weighted by atomic mass is 10.0. The Labute approximate surface area is 119 Å². The van der Waals surface area contributed by atoms with Gasteiger partial charge in [0.2, 0.25) is 0 Å². The maximum absolute atomic E-state index is 4.09. The molecule has 1 aromatic rings. The van der Waals surface area contributed by atoms with Gasteiger partial charge in [0, 0.05) is 18.4 Å². The molecule has 108 valence electrons.